The number of fused-ring (bicyclic) bond motifs is 1. The number of rotatable bonds is 2. The van der Waals surface area contributed by atoms with E-state index in [1.807, 2.05) is 12.1 Å². The normalized spacial score (nSPS) is 30.3. The van der Waals surface area contributed by atoms with E-state index < -0.39 is 0 Å². The number of nitrogens with zero attached hydrogens (tertiary/aromatic N) is 2. The van der Waals surface area contributed by atoms with Gasteiger partial charge in [0.15, 0.2) is 0 Å². The van der Waals surface area contributed by atoms with E-state index in [0.29, 0.717) is 6.61 Å². The average Bonchev–Trinajstić information content (AvgIpc) is 3.11. The SMILES string of the molecule is N[C@H]1C[C@@]2(COC(N3CCc4cc(C5CCC5)ccc4[C@@H]3c3ccc(F)cc3)=N2)C1. The molecule has 2 fully saturated rings. The van der Waals surface area contributed by atoms with Crippen LogP contribution in [0.25, 0.3) is 0 Å². The van der Waals surface area contributed by atoms with Gasteiger partial charge in [-0.15, -0.1) is 0 Å². The van der Waals surface area contributed by atoms with Crippen molar-refractivity contribution in [2.75, 3.05) is 13.2 Å². The Kier molecular flexibility index (Phi) is 4.17. The van der Waals surface area contributed by atoms with Crippen LogP contribution < -0.4 is 5.73 Å². The number of benzene rings is 2. The minimum atomic E-state index is -0.210. The highest BCUT2D eigenvalue weighted by atomic mass is 19.1. The molecule has 0 saturated heterocycles. The molecule has 6 rings (SSSR count). The largest absolute Gasteiger partial charge is 0.463 e. The minimum absolute atomic E-state index is 0.00700. The Morgan fingerprint density at radius 2 is 1.83 bits per heavy atom. The maximum atomic E-state index is 13.7. The summed E-state index contributed by atoms with van der Waals surface area (Å²) in [6.07, 6.45) is 6.72. The third kappa shape index (κ3) is 2.94. The number of nitrogens with two attached hydrogens (primary N) is 1. The van der Waals surface area contributed by atoms with Gasteiger partial charge in [-0.25, -0.2) is 9.38 Å². The molecule has 0 bridgehead atoms. The second-order valence-electron chi connectivity index (χ2n) is 9.56. The molecular formula is C25H28FN3O. The molecule has 2 N–H and O–H groups in total. The molecule has 2 saturated carbocycles. The van der Waals surface area contributed by atoms with Gasteiger partial charge in [0.25, 0.3) is 6.02 Å². The molecule has 2 aromatic carbocycles. The van der Waals surface area contributed by atoms with Crippen LogP contribution in [0.15, 0.2) is 47.5 Å². The summed E-state index contributed by atoms with van der Waals surface area (Å²) in [4.78, 5) is 7.28. The molecule has 0 radical (unpaired) electrons. The van der Waals surface area contributed by atoms with Crippen molar-refractivity contribution >= 4 is 6.02 Å². The molecular weight excluding hydrogens is 377 g/mol. The number of hydrogen-bond acceptors (Lipinski definition) is 4. The van der Waals surface area contributed by atoms with Crippen molar-refractivity contribution in [3.05, 3.63) is 70.5 Å². The highest BCUT2D eigenvalue weighted by Gasteiger charge is 2.49. The van der Waals surface area contributed by atoms with E-state index >= 15 is 0 Å². The fourth-order valence-corrected chi connectivity index (χ4v) is 5.59. The molecule has 0 amide bonds. The number of aliphatic imine (C=N–C) groups is 1. The lowest BCUT2D eigenvalue weighted by Crippen LogP contribution is -2.51. The summed E-state index contributed by atoms with van der Waals surface area (Å²) in [6.45, 7) is 1.47. The summed E-state index contributed by atoms with van der Waals surface area (Å²) in [6, 6.07) is 14.8. The van der Waals surface area contributed by atoms with Crippen molar-refractivity contribution < 1.29 is 9.13 Å². The lowest BCUT2D eigenvalue weighted by atomic mass is 9.74. The first-order chi connectivity index (χ1) is 14.6. The number of hydrogen-bond donors (Lipinski definition) is 1. The van der Waals surface area contributed by atoms with Crippen LogP contribution in [0.3, 0.4) is 0 Å². The smallest absolute Gasteiger partial charge is 0.288 e. The quantitative estimate of drug-likeness (QED) is 0.811. The Morgan fingerprint density at radius 1 is 1.07 bits per heavy atom. The van der Waals surface area contributed by atoms with Crippen LogP contribution in [-0.4, -0.2) is 35.7 Å². The zero-order valence-corrected chi connectivity index (χ0v) is 17.2. The van der Waals surface area contributed by atoms with Crippen molar-refractivity contribution in [3.63, 3.8) is 0 Å². The van der Waals surface area contributed by atoms with E-state index in [0.717, 1.165) is 43.3 Å². The van der Waals surface area contributed by atoms with Gasteiger partial charge in [-0.05, 0) is 72.4 Å². The van der Waals surface area contributed by atoms with E-state index in [4.69, 9.17) is 15.5 Å². The summed E-state index contributed by atoms with van der Waals surface area (Å²) < 4.78 is 19.8. The molecule has 2 aliphatic carbocycles. The van der Waals surface area contributed by atoms with Gasteiger partial charge < -0.3 is 15.4 Å². The Bertz CT molecular complexity index is 992. The van der Waals surface area contributed by atoms with E-state index in [-0.39, 0.29) is 23.4 Å². The predicted molar refractivity (Wildman–Crippen MR) is 115 cm³/mol. The van der Waals surface area contributed by atoms with Crippen LogP contribution in [0.1, 0.15) is 66.3 Å². The molecule has 156 valence electrons. The highest BCUT2D eigenvalue weighted by molar-refractivity contribution is 5.78. The summed E-state index contributed by atoms with van der Waals surface area (Å²) in [7, 11) is 0. The summed E-state index contributed by atoms with van der Waals surface area (Å²) in [5.41, 5.74) is 11.1. The first kappa shape index (κ1) is 18.4. The first-order valence-electron chi connectivity index (χ1n) is 11.2. The zero-order valence-electron chi connectivity index (χ0n) is 17.2. The van der Waals surface area contributed by atoms with Gasteiger partial charge in [0.05, 0.1) is 6.04 Å². The van der Waals surface area contributed by atoms with Crippen LogP contribution in [0.5, 0.6) is 0 Å². The number of halogens is 1. The van der Waals surface area contributed by atoms with Crippen molar-refractivity contribution in [2.24, 2.45) is 10.7 Å². The molecule has 4 aliphatic rings. The highest BCUT2D eigenvalue weighted by Crippen LogP contribution is 2.43. The lowest BCUT2D eigenvalue weighted by molar-refractivity contribution is 0.140. The second kappa shape index (κ2) is 6.81. The lowest BCUT2D eigenvalue weighted by Gasteiger charge is -2.39. The van der Waals surface area contributed by atoms with E-state index in [9.17, 15) is 4.39 Å². The van der Waals surface area contributed by atoms with E-state index in [1.54, 1.807) is 12.1 Å². The van der Waals surface area contributed by atoms with Crippen molar-refractivity contribution in [1.82, 2.24) is 4.90 Å². The zero-order chi connectivity index (χ0) is 20.3. The Labute approximate surface area is 176 Å². The number of ether oxygens (including phenoxy) is 1. The molecule has 30 heavy (non-hydrogen) atoms. The molecule has 0 aromatic heterocycles. The van der Waals surface area contributed by atoms with Gasteiger partial charge in [-0.1, -0.05) is 36.8 Å². The first-order valence-corrected chi connectivity index (χ1v) is 11.2. The van der Waals surface area contributed by atoms with Crippen LogP contribution in [0.4, 0.5) is 4.39 Å². The van der Waals surface area contributed by atoms with Crippen molar-refractivity contribution in [2.45, 2.75) is 62.1 Å². The fraction of sp³-hybridized carbons (Fsp3) is 0.480. The Morgan fingerprint density at radius 3 is 2.53 bits per heavy atom. The van der Waals surface area contributed by atoms with Crippen LogP contribution >= 0.6 is 0 Å². The molecule has 2 aliphatic heterocycles. The van der Waals surface area contributed by atoms with Crippen molar-refractivity contribution in [1.29, 1.82) is 0 Å². The monoisotopic (exact) mass is 405 g/mol. The van der Waals surface area contributed by atoms with E-state index in [1.165, 1.54) is 36.0 Å². The summed E-state index contributed by atoms with van der Waals surface area (Å²) >= 11 is 0. The van der Waals surface area contributed by atoms with Gasteiger partial charge in [-0.2, -0.15) is 0 Å². The van der Waals surface area contributed by atoms with Crippen LogP contribution in [-0.2, 0) is 11.2 Å². The van der Waals surface area contributed by atoms with Gasteiger partial charge in [0.1, 0.15) is 18.0 Å². The Balaban J connectivity index is 1.39. The van der Waals surface area contributed by atoms with E-state index in [2.05, 4.69) is 23.1 Å². The standard InChI is InChI=1S/C25H28FN3O/c26-20-7-4-17(5-8-20)23-22-9-6-18(16-2-1-3-16)12-19(22)10-11-29(23)24-28-25(15-30-24)13-21(27)14-25/h4-9,12,16,21,23H,1-3,10-11,13-15,27H2/t21-,23-,25-/m0/s1. The summed E-state index contributed by atoms with van der Waals surface area (Å²) in [5.74, 6) is 0.515. The molecule has 5 heteroatoms. The topological polar surface area (TPSA) is 50.9 Å². The number of amidine groups is 1. The fourth-order valence-electron chi connectivity index (χ4n) is 5.59. The maximum Gasteiger partial charge on any atom is 0.288 e. The van der Waals surface area contributed by atoms with Gasteiger partial charge in [0, 0.05) is 12.6 Å². The second-order valence-corrected chi connectivity index (χ2v) is 9.56. The van der Waals surface area contributed by atoms with Gasteiger partial charge >= 0.3 is 0 Å². The summed E-state index contributed by atoms with van der Waals surface area (Å²) in [5, 5.41) is 0. The molecule has 2 heterocycles. The molecule has 0 unspecified atom stereocenters. The maximum absolute atomic E-state index is 13.7. The molecule has 1 atom stereocenters. The molecule has 2 aromatic rings. The van der Waals surface area contributed by atoms with Crippen LogP contribution in [0.2, 0.25) is 0 Å². The molecule has 4 nitrogen and oxygen atoms in total. The van der Waals surface area contributed by atoms with Crippen LogP contribution in [0, 0.1) is 5.82 Å². The third-order valence-corrected chi connectivity index (χ3v) is 7.49. The predicted octanol–water partition coefficient (Wildman–Crippen LogP) is 4.29. The minimum Gasteiger partial charge on any atom is -0.463 e. The third-order valence-electron chi connectivity index (χ3n) is 7.49. The average molecular weight is 406 g/mol. The van der Waals surface area contributed by atoms with Crippen molar-refractivity contribution in [3.8, 4) is 0 Å². The molecule has 1 spiro atoms. The Hall–Kier alpha value is -2.40. The van der Waals surface area contributed by atoms with Gasteiger partial charge in [-0.3, -0.25) is 0 Å². The van der Waals surface area contributed by atoms with Gasteiger partial charge in [0.2, 0.25) is 0 Å².